The van der Waals surface area contributed by atoms with E-state index in [2.05, 4.69) is 0 Å². The Balaban J connectivity index is 2.43. The maximum absolute atomic E-state index is 12.3. The molecule has 0 fully saturated rings. The third-order valence-electron chi connectivity index (χ3n) is 5.97. The molecule has 0 aliphatic rings. The summed E-state index contributed by atoms with van der Waals surface area (Å²) in [6, 6.07) is 15.7. The van der Waals surface area contributed by atoms with Crippen molar-refractivity contribution in [3.05, 3.63) is 97.6 Å². The van der Waals surface area contributed by atoms with E-state index in [1.54, 1.807) is 74.4 Å². The van der Waals surface area contributed by atoms with Crippen LogP contribution >= 0.6 is 0 Å². The number of aliphatic hydroxyl groups is 1. The Morgan fingerprint density at radius 3 is 1.29 bits per heavy atom. The van der Waals surface area contributed by atoms with Crippen LogP contribution in [0.2, 0.25) is 0 Å². The average Bonchev–Trinajstić information content (AvgIpc) is 2.82. The van der Waals surface area contributed by atoms with Gasteiger partial charge in [0.2, 0.25) is 0 Å². The molecule has 0 aliphatic carbocycles. The molecule has 0 saturated heterocycles. The molecule has 35 heavy (non-hydrogen) atoms. The molecule has 3 rings (SSSR count). The maximum Gasteiger partial charge on any atom is 0.278 e. The predicted octanol–water partition coefficient (Wildman–Crippen LogP) is 3.99. The zero-order valence-corrected chi connectivity index (χ0v) is 20.6. The van der Waals surface area contributed by atoms with E-state index in [4.69, 9.17) is 0 Å². The fourth-order valence-electron chi connectivity index (χ4n) is 3.97. The normalized spacial score (nSPS) is 11.2. The van der Waals surface area contributed by atoms with Crippen LogP contribution in [0.3, 0.4) is 0 Å². The highest BCUT2D eigenvalue weighted by Gasteiger charge is 2.44. The van der Waals surface area contributed by atoms with Crippen molar-refractivity contribution in [3.8, 4) is 0 Å². The van der Waals surface area contributed by atoms with E-state index in [0.717, 1.165) is 5.69 Å². The summed E-state index contributed by atoms with van der Waals surface area (Å²) in [5, 5.41) is 36.6. The predicted molar refractivity (Wildman–Crippen MR) is 138 cm³/mol. The van der Waals surface area contributed by atoms with E-state index in [9.17, 15) is 25.3 Å². The molecule has 1 N–H and O–H groups in total. The first-order valence-electron chi connectivity index (χ1n) is 10.8. The second-order valence-corrected chi connectivity index (χ2v) is 8.86. The van der Waals surface area contributed by atoms with Crippen LogP contribution in [0, 0.1) is 20.2 Å². The second-order valence-electron chi connectivity index (χ2n) is 8.86. The molecule has 0 saturated carbocycles. The summed E-state index contributed by atoms with van der Waals surface area (Å²) in [7, 11) is 10.7. The van der Waals surface area contributed by atoms with Gasteiger partial charge in [0.25, 0.3) is 11.4 Å². The largest absolute Gasteiger partial charge is 0.378 e. The second kappa shape index (κ2) is 9.59. The van der Waals surface area contributed by atoms with Gasteiger partial charge in [0.1, 0.15) is 0 Å². The average molecular weight is 480 g/mol. The van der Waals surface area contributed by atoms with Crippen molar-refractivity contribution in [3.63, 3.8) is 0 Å². The zero-order chi connectivity index (χ0) is 26.1. The molecule has 0 amide bonds. The van der Waals surface area contributed by atoms with Crippen molar-refractivity contribution in [1.82, 2.24) is 0 Å². The molecule has 0 heterocycles. The van der Waals surface area contributed by atoms with Crippen molar-refractivity contribution in [2.45, 2.75) is 5.60 Å². The highest BCUT2D eigenvalue weighted by molar-refractivity contribution is 5.67. The Morgan fingerprint density at radius 2 is 0.971 bits per heavy atom. The Kier molecular flexibility index (Phi) is 6.97. The number of nitro benzene ring substituents is 2. The minimum atomic E-state index is -2.18. The van der Waals surface area contributed by atoms with Gasteiger partial charge in [-0.25, -0.2) is 0 Å². The number of nitro groups is 2. The van der Waals surface area contributed by atoms with E-state index >= 15 is 0 Å². The Morgan fingerprint density at radius 1 is 0.629 bits per heavy atom. The number of hydrogen-bond donors (Lipinski definition) is 1. The van der Waals surface area contributed by atoms with E-state index in [1.165, 1.54) is 24.3 Å². The molecule has 184 valence electrons. The van der Waals surface area contributed by atoms with Gasteiger partial charge >= 0.3 is 0 Å². The SMILES string of the molecule is CN(C)c1ccc(C(O)(c2ccc(N(C)C)cc2[N+](=O)[O-])c2ccc(N(C)C)cc2[N+](=O)[O-])cc1. The van der Waals surface area contributed by atoms with Crippen LogP contribution < -0.4 is 14.7 Å². The minimum Gasteiger partial charge on any atom is -0.378 e. The first-order valence-corrected chi connectivity index (χ1v) is 10.8. The molecule has 0 bridgehead atoms. The van der Waals surface area contributed by atoms with Gasteiger partial charge in [-0.2, -0.15) is 0 Å². The van der Waals surface area contributed by atoms with Crippen molar-refractivity contribution in [2.75, 3.05) is 57.0 Å². The van der Waals surface area contributed by atoms with Crippen LogP contribution in [-0.2, 0) is 5.60 Å². The Bertz CT molecular complexity index is 1190. The van der Waals surface area contributed by atoms with Gasteiger partial charge < -0.3 is 19.8 Å². The number of nitrogens with zero attached hydrogens (tertiary/aromatic N) is 5. The van der Waals surface area contributed by atoms with Crippen LogP contribution in [0.4, 0.5) is 28.4 Å². The highest BCUT2D eigenvalue weighted by Crippen LogP contribution is 2.46. The first kappa shape index (κ1) is 25.4. The van der Waals surface area contributed by atoms with Crippen LogP contribution in [0.1, 0.15) is 16.7 Å². The summed E-state index contributed by atoms with van der Waals surface area (Å²) >= 11 is 0. The van der Waals surface area contributed by atoms with Crippen molar-refractivity contribution < 1.29 is 15.0 Å². The zero-order valence-electron chi connectivity index (χ0n) is 20.6. The van der Waals surface area contributed by atoms with Gasteiger partial charge in [0.05, 0.1) is 21.0 Å². The fourth-order valence-corrected chi connectivity index (χ4v) is 3.97. The molecule has 0 atom stereocenters. The van der Waals surface area contributed by atoms with Crippen LogP contribution in [0.25, 0.3) is 0 Å². The third-order valence-corrected chi connectivity index (χ3v) is 5.97. The third kappa shape index (κ3) is 4.73. The van der Waals surface area contributed by atoms with Gasteiger partial charge in [0, 0.05) is 71.5 Å². The lowest BCUT2D eigenvalue weighted by atomic mass is 9.78. The minimum absolute atomic E-state index is 0.0635. The molecule has 0 unspecified atom stereocenters. The van der Waals surface area contributed by atoms with Crippen LogP contribution in [0.15, 0.2) is 60.7 Å². The van der Waals surface area contributed by atoms with E-state index in [-0.39, 0.29) is 28.1 Å². The molecular formula is C25H29N5O5. The van der Waals surface area contributed by atoms with Gasteiger partial charge in [-0.3, -0.25) is 20.2 Å². The summed E-state index contributed by atoms with van der Waals surface area (Å²) in [6.07, 6.45) is 0. The quantitative estimate of drug-likeness (QED) is 0.293. The van der Waals surface area contributed by atoms with Gasteiger partial charge in [-0.05, 0) is 42.0 Å². The molecule has 0 spiro atoms. The molecule has 0 aromatic heterocycles. The molecule has 3 aromatic carbocycles. The smallest absolute Gasteiger partial charge is 0.278 e. The molecule has 10 nitrogen and oxygen atoms in total. The molecule has 0 aliphatic heterocycles. The molecule has 0 radical (unpaired) electrons. The van der Waals surface area contributed by atoms with Gasteiger partial charge in [-0.15, -0.1) is 0 Å². The molecule has 3 aromatic rings. The lowest BCUT2D eigenvalue weighted by Crippen LogP contribution is -2.31. The van der Waals surface area contributed by atoms with Gasteiger partial charge in [0.15, 0.2) is 5.60 Å². The molecule has 10 heteroatoms. The lowest BCUT2D eigenvalue weighted by molar-refractivity contribution is -0.388. The van der Waals surface area contributed by atoms with E-state index in [1.807, 2.05) is 19.0 Å². The summed E-state index contributed by atoms with van der Waals surface area (Å²) in [4.78, 5) is 28.4. The Hall–Kier alpha value is -4.18. The summed E-state index contributed by atoms with van der Waals surface area (Å²) < 4.78 is 0. The highest BCUT2D eigenvalue weighted by atomic mass is 16.6. The van der Waals surface area contributed by atoms with E-state index in [0.29, 0.717) is 11.4 Å². The summed E-state index contributed by atoms with van der Waals surface area (Å²) in [5.41, 5.74) is -0.770. The van der Waals surface area contributed by atoms with Gasteiger partial charge in [-0.1, -0.05) is 12.1 Å². The number of anilines is 3. The number of benzene rings is 3. The monoisotopic (exact) mass is 479 g/mol. The topological polar surface area (TPSA) is 116 Å². The molecular weight excluding hydrogens is 450 g/mol. The van der Waals surface area contributed by atoms with Crippen molar-refractivity contribution in [1.29, 1.82) is 0 Å². The number of rotatable bonds is 8. The summed E-state index contributed by atoms with van der Waals surface area (Å²) in [5.74, 6) is 0. The fraction of sp³-hybridized carbons (Fsp3) is 0.280. The van der Waals surface area contributed by atoms with Crippen molar-refractivity contribution >= 4 is 28.4 Å². The van der Waals surface area contributed by atoms with Crippen LogP contribution in [0.5, 0.6) is 0 Å². The standard InChI is InChI=1S/C25H29N5O5/c1-26(2)18-9-7-17(8-10-18)25(31,21-13-11-19(27(3)4)15-23(21)29(32)33)22-14-12-20(28(5)6)16-24(22)30(34)35/h7-16,31H,1-6H3. The summed E-state index contributed by atoms with van der Waals surface area (Å²) in [6.45, 7) is 0. The Labute approximate surface area is 203 Å². The van der Waals surface area contributed by atoms with Crippen LogP contribution in [-0.4, -0.2) is 57.2 Å². The van der Waals surface area contributed by atoms with E-state index < -0.39 is 15.4 Å². The first-order chi connectivity index (χ1) is 16.4. The maximum atomic E-state index is 12.3. The lowest BCUT2D eigenvalue weighted by Gasteiger charge is -2.30. The van der Waals surface area contributed by atoms with Crippen molar-refractivity contribution in [2.24, 2.45) is 0 Å². The number of hydrogen-bond acceptors (Lipinski definition) is 8.